The normalized spacial score (nSPS) is 19.8. The monoisotopic (exact) mass is 217 g/mol. The molecule has 0 bridgehead atoms. The lowest BCUT2D eigenvalue weighted by Crippen LogP contribution is -2.30. The topological polar surface area (TPSA) is 40.5 Å². The van der Waals surface area contributed by atoms with E-state index < -0.39 is 5.97 Å². The molecular weight excluding hydrogens is 202 g/mol. The van der Waals surface area contributed by atoms with E-state index in [9.17, 15) is 4.79 Å². The van der Waals surface area contributed by atoms with Gasteiger partial charge in [0.05, 0.1) is 0 Å². The number of nitrogens with zero attached hydrogens (tertiary/aromatic N) is 1. The molecule has 1 heterocycles. The highest BCUT2D eigenvalue weighted by atomic mass is 16.4. The van der Waals surface area contributed by atoms with Crippen LogP contribution in [0, 0.1) is 5.92 Å². The van der Waals surface area contributed by atoms with Gasteiger partial charge in [0.15, 0.2) is 0 Å². The summed E-state index contributed by atoms with van der Waals surface area (Å²) in [6, 6.07) is 8.15. The molecule has 0 saturated carbocycles. The van der Waals surface area contributed by atoms with Crippen molar-refractivity contribution >= 4 is 11.7 Å². The minimum Gasteiger partial charge on any atom is -0.478 e. The molecule has 1 aromatic carbocycles. The van der Waals surface area contributed by atoms with Crippen molar-refractivity contribution in [3.63, 3.8) is 0 Å². The van der Waals surface area contributed by atoms with Gasteiger partial charge in [-0.3, -0.25) is 0 Å². The molecule has 1 unspecified atom stereocenters. The van der Waals surface area contributed by atoms with Crippen molar-refractivity contribution in [1.82, 2.24) is 0 Å². The lowest BCUT2D eigenvalue weighted by atomic mass is 9.94. The van der Waals surface area contributed by atoms with Crippen LogP contribution in [-0.4, -0.2) is 17.6 Å². The zero-order valence-electron chi connectivity index (χ0n) is 9.26. The molecule has 1 N–H and O–H groups in total. The number of aliphatic carboxylic acids is 1. The molecule has 3 heteroatoms. The highest BCUT2D eigenvalue weighted by Crippen LogP contribution is 2.29. The fraction of sp³-hybridized carbons (Fsp3) is 0.308. The quantitative estimate of drug-likeness (QED) is 0.773. The third-order valence-electron chi connectivity index (χ3n) is 2.77. The standard InChI is InChI=1S/C13H15NO2/c1-10-8-11-4-2-3-5-12(11)14(9-10)7-6-13(15)16/h2-7,10H,8-9H2,1H3,(H,15,16). The Kier molecular flexibility index (Phi) is 2.95. The number of para-hydroxylation sites is 1. The molecule has 1 aromatic rings. The van der Waals surface area contributed by atoms with Gasteiger partial charge in [0.1, 0.15) is 0 Å². The first kappa shape index (κ1) is 10.7. The van der Waals surface area contributed by atoms with E-state index in [-0.39, 0.29) is 0 Å². The smallest absolute Gasteiger partial charge is 0.329 e. The summed E-state index contributed by atoms with van der Waals surface area (Å²) < 4.78 is 0. The van der Waals surface area contributed by atoms with Crippen LogP contribution in [-0.2, 0) is 11.2 Å². The summed E-state index contributed by atoms with van der Waals surface area (Å²) in [5, 5.41) is 8.64. The van der Waals surface area contributed by atoms with Gasteiger partial charge >= 0.3 is 5.97 Å². The van der Waals surface area contributed by atoms with E-state index in [1.54, 1.807) is 6.20 Å². The van der Waals surface area contributed by atoms with Crippen LogP contribution >= 0.6 is 0 Å². The van der Waals surface area contributed by atoms with E-state index >= 15 is 0 Å². The van der Waals surface area contributed by atoms with Crippen molar-refractivity contribution in [3.8, 4) is 0 Å². The first-order valence-corrected chi connectivity index (χ1v) is 5.42. The van der Waals surface area contributed by atoms with E-state index in [1.807, 2.05) is 23.1 Å². The van der Waals surface area contributed by atoms with E-state index in [1.165, 1.54) is 11.6 Å². The van der Waals surface area contributed by atoms with Crippen LogP contribution in [0.1, 0.15) is 12.5 Å². The Labute approximate surface area is 95.0 Å². The van der Waals surface area contributed by atoms with Crippen molar-refractivity contribution < 1.29 is 9.90 Å². The molecule has 1 aliphatic heterocycles. The number of rotatable bonds is 2. The van der Waals surface area contributed by atoms with Crippen LogP contribution in [0.2, 0.25) is 0 Å². The number of hydrogen-bond acceptors (Lipinski definition) is 2. The van der Waals surface area contributed by atoms with Crippen LogP contribution < -0.4 is 4.90 Å². The third kappa shape index (κ3) is 2.24. The number of carboxylic acids is 1. The number of anilines is 1. The molecule has 0 fully saturated rings. The molecule has 1 atom stereocenters. The summed E-state index contributed by atoms with van der Waals surface area (Å²) in [5.74, 6) is -0.357. The summed E-state index contributed by atoms with van der Waals surface area (Å²) in [5.41, 5.74) is 2.41. The second kappa shape index (κ2) is 4.39. The summed E-state index contributed by atoms with van der Waals surface area (Å²) in [4.78, 5) is 12.5. The van der Waals surface area contributed by atoms with E-state index in [0.717, 1.165) is 18.7 Å². The van der Waals surface area contributed by atoms with Crippen LogP contribution in [0.3, 0.4) is 0 Å². The number of carbonyl (C=O) groups is 1. The molecule has 84 valence electrons. The van der Waals surface area contributed by atoms with Crippen LogP contribution in [0.25, 0.3) is 0 Å². The molecule has 0 saturated heterocycles. The van der Waals surface area contributed by atoms with Gasteiger partial charge < -0.3 is 10.0 Å². The average molecular weight is 217 g/mol. The largest absolute Gasteiger partial charge is 0.478 e. The van der Waals surface area contributed by atoms with Crippen molar-refractivity contribution in [2.24, 2.45) is 5.92 Å². The Morgan fingerprint density at radius 3 is 3.00 bits per heavy atom. The van der Waals surface area contributed by atoms with Gasteiger partial charge in [0, 0.05) is 24.5 Å². The zero-order chi connectivity index (χ0) is 11.5. The maximum absolute atomic E-state index is 10.5. The van der Waals surface area contributed by atoms with Crippen molar-refractivity contribution in [1.29, 1.82) is 0 Å². The molecule has 0 amide bonds. The Balaban J connectivity index is 2.30. The first-order chi connectivity index (χ1) is 7.66. The number of fused-ring (bicyclic) bond motifs is 1. The van der Waals surface area contributed by atoms with E-state index in [2.05, 4.69) is 13.0 Å². The van der Waals surface area contributed by atoms with Gasteiger partial charge in [-0.15, -0.1) is 0 Å². The molecular formula is C13H15NO2. The van der Waals surface area contributed by atoms with Gasteiger partial charge in [-0.2, -0.15) is 0 Å². The van der Waals surface area contributed by atoms with Crippen LogP contribution in [0.15, 0.2) is 36.5 Å². The first-order valence-electron chi connectivity index (χ1n) is 5.42. The Bertz CT molecular complexity index is 426. The van der Waals surface area contributed by atoms with E-state index in [4.69, 9.17) is 5.11 Å². The molecule has 0 radical (unpaired) electrons. The van der Waals surface area contributed by atoms with Gasteiger partial charge in [0.2, 0.25) is 0 Å². The van der Waals surface area contributed by atoms with Gasteiger partial charge in [-0.05, 0) is 24.0 Å². The maximum Gasteiger partial charge on any atom is 0.329 e. The minimum absolute atomic E-state index is 0.549. The maximum atomic E-state index is 10.5. The van der Waals surface area contributed by atoms with Crippen LogP contribution in [0.5, 0.6) is 0 Å². The predicted octanol–water partition coefficient (Wildman–Crippen LogP) is 2.28. The van der Waals surface area contributed by atoms with Gasteiger partial charge in [-0.25, -0.2) is 4.79 Å². The lowest BCUT2D eigenvalue weighted by molar-refractivity contribution is -0.131. The number of hydrogen-bond donors (Lipinski definition) is 1. The zero-order valence-corrected chi connectivity index (χ0v) is 9.26. The van der Waals surface area contributed by atoms with E-state index in [0.29, 0.717) is 5.92 Å². The minimum atomic E-state index is -0.907. The average Bonchev–Trinajstić information content (AvgIpc) is 2.25. The molecule has 0 aliphatic carbocycles. The van der Waals surface area contributed by atoms with Crippen molar-refractivity contribution in [2.45, 2.75) is 13.3 Å². The molecule has 1 aliphatic rings. The number of carboxylic acid groups (broad SMARTS) is 1. The lowest BCUT2D eigenvalue weighted by Gasteiger charge is -2.32. The molecule has 3 nitrogen and oxygen atoms in total. The molecule has 0 aromatic heterocycles. The highest BCUT2D eigenvalue weighted by molar-refractivity contribution is 5.80. The third-order valence-corrected chi connectivity index (χ3v) is 2.77. The van der Waals surface area contributed by atoms with Crippen molar-refractivity contribution in [3.05, 3.63) is 42.1 Å². The summed E-state index contributed by atoms with van der Waals surface area (Å²) in [7, 11) is 0. The molecule has 0 spiro atoms. The highest BCUT2D eigenvalue weighted by Gasteiger charge is 2.19. The second-order valence-corrected chi connectivity index (χ2v) is 4.24. The SMILES string of the molecule is CC1Cc2ccccc2N(C=CC(=O)O)C1. The molecule has 2 rings (SSSR count). The summed E-state index contributed by atoms with van der Waals surface area (Å²) >= 11 is 0. The summed E-state index contributed by atoms with van der Waals surface area (Å²) in [6.45, 7) is 3.05. The molecule has 16 heavy (non-hydrogen) atoms. The Morgan fingerprint density at radius 2 is 2.25 bits per heavy atom. The number of benzene rings is 1. The Morgan fingerprint density at radius 1 is 1.50 bits per heavy atom. The van der Waals surface area contributed by atoms with Crippen LogP contribution in [0.4, 0.5) is 5.69 Å². The Hall–Kier alpha value is -1.77. The second-order valence-electron chi connectivity index (χ2n) is 4.24. The van der Waals surface area contributed by atoms with Gasteiger partial charge in [0.25, 0.3) is 0 Å². The summed E-state index contributed by atoms with van der Waals surface area (Å²) in [6.07, 6.45) is 3.90. The van der Waals surface area contributed by atoms with Crippen molar-refractivity contribution in [2.75, 3.05) is 11.4 Å². The fourth-order valence-corrected chi connectivity index (χ4v) is 2.13. The van der Waals surface area contributed by atoms with Gasteiger partial charge in [-0.1, -0.05) is 25.1 Å². The fourth-order valence-electron chi connectivity index (χ4n) is 2.13. The predicted molar refractivity (Wildman–Crippen MR) is 63.4 cm³/mol.